The summed E-state index contributed by atoms with van der Waals surface area (Å²) in [4.78, 5) is 17.4. The Morgan fingerprint density at radius 1 is 1.03 bits per heavy atom. The molecule has 0 saturated carbocycles. The number of nitrogens with one attached hydrogen (secondary N) is 1. The smallest absolute Gasteiger partial charge is 0.234 e. The fourth-order valence-corrected chi connectivity index (χ4v) is 4.41. The van der Waals surface area contributed by atoms with Crippen molar-refractivity contribution in [2.75, 3.05) is 24.3 Å². The van der Waals surface area contributed by atoms with Crippen molar-refractivity contribution in [2.24, 2.45) is 0 Å². The van der Waals surface area contributed by atoms with Crippen molar-refractivity contribution in [3.05, 3.63) is 60.9 Å². The van der Waals surface area contributed by atoms with Gasteiger partial charge in [0.05, 0.1) is 17.5 Å². The lowest BCUT2D eigenvalue weighted by Crippen LogP contribution is -2.17. The number of thioether (sulfide) groups is 1. The van der Waals surface area contributed by atoms with E-state index in [4.69, 9.17) is 18.9 Å². The lowest BCUT2D eigenvalue weighted by atomic mass is 10.2. The average Bonchev–Trinajstić information content (AvgIpc) is 3.53. The third-order valence-corrected chi connectivity index (χ3v) is 6.05. The van der Waals surface area contributed by atoms with Gasteiger partial charge in [0.2, 0.25) is 5.91 Å². The van der Waals surface area contributed by atoms with Gasteiger partial charge in [-0.1, -0.05) is 23.9 Å². The number of hydrogen-bond acceptors (Lipinski definition) is 8. The Hall–Kier alpha value is -4.05. The number of fused-ring (bicyclic) bond motifs is 4. The van der Waals surface area contributed by atoms with Crippen LogP contribution in [0.4, 0.5) is 5.69 Å². The molecule has 0 aliphatic carbocycles. The Labute approximate surface area is 191 Å². The maximum Gasteiger partial charge on any atom is 0.234 e. The molecule has 2 aromatic carbocycles. The second-order valence-corrected chi connectivity index (χ2v) is 8.21. The third kappa shape index (κ3) is 3.64. The molecule has 0 fully saturated rings. The van der Waals surface area contributed by atoms with Crippen LogP contribution < -0.4 is 14.8 Å². The number of furan rings is 1. The molecule has 4 heterocycles. The molecular weight excluding hydrogens is 442 g/mol. The zero-order valence-corrected chi connectivity index (χ0v) is 18.0. The molecule has 0 radical (unpaired) electrons. The van der Waals surface area contributed by atoms with E-state index in [0.29, 0.717) is 52.8 Å². The molecule has 1 aliphatic heterocycles. The summed E-state index contributed by atoms with van der Waals surface area (Å²) < 4.78 is 18.5. The predicted molar refractivity (Wildman–Crippen MR) is 123 cm³/mol. The second kappa shape index (κ2) is 8.14. The van der Waals surface area contributed by atoms with E-state index in [9.17, 15) is 4.79 Å². The number of ether oxygens (including phenoxy) is 2. The lowest BCUT2D eigenvalue weighted by Gasteiger charge is -2.18. The molecule has 9 nitrogen and oxygen atoms in total. The molecule has 1 aliphatic rings. The van der Waals surface area contributed by atoms with Gasteiger partial charge in [0.25, 0.3) is 0 Å². The fourth-order valence-electron chi connectivity index (χ4n) is 3.67. The quantitative estimate of drug-likeness (QED) is 0.393. The van der Waals surface area contributed by atoms with Crippen LogP contribution in [0.1, 0.15) is 0 Å². The van der Waals surface area contributed by atoms with Crippen molar-refractivity contribution >= 4 is 39.9 Å². The Kier molecular flexibility index (Phi) is 4.84. The normalized spacial score (nSPS) is 12.8. The van der Waals surface area contributed by atoms with E-state index in [1.165, 1.54) is 11.8 Å². The van der Waals surface area contributed by atoms with E-state index < -0.39 is 0 Å². The number of amides is 1. The van der Waals surface area contributed by atoms with Crippen molar-refractivity contribution in [3.63, 3.8) is 0 Å². The van der Waals surface area contributed by atoms with Gasteiger partial charge in [0.1, 0.15) is 13.2 Å². The van der Waals surface area contributed by atoms with Gasteiger partial charge in [0, 0.05) is 17.1 Å². The number of carbonyl (C=O) groups excluding carboxylic acids is 1. The number of anilines is 1. The van der Waals surface area contributed by atoms with E-state index in [-0.39, 0.29) is 11.7 Å². The molecule has 5 aromatic rings. The van der Waals surface area contributed by atoms with Gasteiger partial charge in [-0.2, -0.15) is 0 Å². The molecule has 3 aromatic heterocycles. The first-order chi connectivity index (χ1) is 16.3. The van der Waals surface area contributed by atoms with Crippen LogP contribution in [-0.2, 0) is 4.79 Å². The van der Waals surface area contributed by atoms with Crippen LogP contribution in [0.15, 0.2) is 70.4 Å². The summed E-state index contributed by atoms with van der Waals surface area (Å²) in [5, 5.41) is 13.0. The van der Waals surface area contributed by atoms with Crippen molar-refractivity contribution < 1.29 is 18.7 Å². The topological polar surface area (TPSA) is 104 Å². The highest BCUT2D eigenvalue weighted by molar-refractivity contribution is 7.99. The van der Waals surface area contributed by atoms with Crippen LogP contribution in [0.5, 0.6) is 11.5 Å². The number of nitrogens with zero attached hydrogens (tertiary/aromatic N) is 4. The van der Waals surface area contributed by atoms with Crippen molar-refractivity contribution in [1.29, 1.82) is 0 Å². The van der Waals surface area contributed by atoms with E-state index >= 15 is 0 Å². The molecule has 0 saturated heterocycles. The summed E-state index contributed by atoms with van der Waals surface area (Å²) in [5.74, 6) is 2.42. The molecule has 6 rings (SSSR count). The molecule has 0 bridgehead atoms. The van der Waals surface area contributed by atoms with Gasteiger partial charge < -0.3 is 19.2 Å². The van der Waals surface area contributed by atoms with E-state index in [2.05, 4.69) is 15.5 Å². The standard InChI is InChI=1S/C23H17N5O4S/c29-20(24-14-7-8-17-19(12-14)32-11-10-31-17)13-33-23-27-26-21-15-4-1-2-5-16(15)25-22(28(21)23)18-6-3-9-30-18/h1-9,12H,10-11,13H2,(H,24,29). The fraction of sp³-hybridized carbons (Fsp3) is 0.130. The van der Waals surface area contributed by atoms with Crippen molar-refractivity contribution in [2.45, 2.75) is 5.16 Å². The van der Waals surface area contributed by atoms with E-state index in [0.717, 1.165) is 10.9 Å². The Balaban J connectivity index is 1.28. The molecule has 0 unspecified atom stereocenters. The zero-order chi connectivity index (χ0) is 22.2. The van der Waals surface area contributed by atoms with Crippen LogP contribution >= 0.6 is 11.8 Å². The minimum absolute atomic E-state index is 0.139. The van der Waals surface area contributed by atoms with Crippen LogP contribution in [0, 0.1) is 0 Å². The molecular formula is C23H17N5O4S. The number of rotatable bonds is 5. The number of carbonyl (C=O) groups is 1. The van der Waals surface area contributed by atoms with Crippen LogP contribution in [-0.4, -0.2) is 44.5 Å². The summed E-state index contributed by atoms with van der Waals surface area (Å²) >= 11 is 1.27. The Bertz CT molecular complexity index is 1480. The number of benzene rings is 2. The van der Waals surface area contributed by atoms with Crippen LogP contribution in [0.25, 0.3) is 28.1 Å². The first kappa shape index (κ1) is 19.6. The Morgan fingerprint density at radius 2 is 1.91 bits per heavy atom. The van der Waals surface area contributed by atoms with Gasteiger partial charge >= 0.3 is 0 Å². The summed E-state index contributed by atoms with van der Waals surface area (Å²) in [7, 11) is 0. The lowest BCUT2D eigenvalue weighted by molar-refractivity contribution is -0.113. The molecule has 0 spiro atoms. The number of para-hydroxylation sites is 1. The summed E-state index contributed by atoms with van der Waals surface area (Å²) in [6.07, 6.45) is 1.59. The first-order valence-corrected chi connectivity index (χ1v) is 11.2. The van der Waals surface area contributed by atoms with Gasteiger partial charge in [-0.05, 0) is 36.4 Å². The summed E-state index contributed by atoms with van der Waals surface area (Å²) in [6, 6.07) is 16.7. The molecule has 164 valence electrons. The molecule has 1 amide bonds. The molecule has 10 heteroatoms. The first-order valence-electron chi connectivity index (χ1n) is 10.3. The van der Waals surface area contributed by atoms with Gasteiger partial charge in [-0.3, -0.25) is 9.20 Å². The maximum absolute atomic E-state index is 12.6. The Morgan fingerprint density at radius 3 is 2.79 bits per heavy atom. The highest BCUT2D eigenvalue weighted by atomic mass is 32.2. The maximum atomic E-state index is 12.6. The van der Waals surface area contributed by atoms with Crippen molar-refractivity contribution in [1.82, 2.24) is 19.6 Å². The predicted octanol–water partition coefficient (Wildman–Crippen LogP) is 4.04. The second-order valence-electron chi connectivity index (χ2n) is 7.27. The van der Waals surface area contributed by atoms with Crippen molar-refractivity contribution in [3.8, 4) is 23.1 Å². The van der Waals surface area contributed by atoms with E-state index in [1.807, 2.05) is 34.7 Å². The highest BCUT2D eigenvalue weighted by Crippen LogP contribution is 2.33. The minimum atomic E-state index is -0.179. The van der Waals surface area contributed by atoms with Gasteiger partial charge in [-0.25, -0.2) is 4.98 Å². The third-order valence-electron chi connectivity index (χ3n) is 5.12. The number of hydrogen-bond donors (Lipinski definition) is 1. The molecule has 0 atom stereocenters. The largest absolute Gasteiger partial charge is 0.486 e. The summed E-state index contributed by atoms with van der Waals surface area (Å²) in [6.45, 7) is 1.01. The SMILES string of the molecule is O=C(CSc1nnc2c3ccccc3nc(-c3ccco3)n12)Nc1ccc2c(c1)OCCO2. The molecule has 1 N–H and O–H groups in total. The summed E-state index contributed by atoms with van der Waals surface area (Å²) in [5.41, 5.74) is 2.08. The van der Waals surface area contributed by atoms with Gasteiger partial charge in [-0.15, -0.1) is 10.2 Å². The van der Waals surface area contributed by atoms with Crippen LogP contribution in [0.3, 0.4) is 0 Å². The van der Waals surface area contributed by atoms with E-state index in [1.54, 1.807) is 30.5 Å². The van der Waals surface area contributed by atoms with Gasteiger partial charge in [0.15, 0.2) is 33.9 Å². The monoisotopic (exact) mass is 459 g/mol. The highest BCUT2D eigenvalue weighted by Gasteiger charge is 2.19. The van der Waals surface area contributed by atoms with Crippen LogP contribution in [0.2, 0.25) is 0 Å². The zero-order valence-electron chi connectivity index (χ0n) is 17.2. The number of aromatic nitrogens is 4. The molecule has 33 heavy (non-hydrogen) atoms. The minimum Gasteiger partial charge on any atom is -0.486 e. The average molecular weight is 459 g/mol.